The number of carboxylic acids is 1. The molecule has 1 aromatic heterocycles. The maximum atomic E-state index is 14.1. The number of hydrogen-bond donors (Lipinski definition) is 1. The monoisotopic (exact) mass is 371 g/mol. The highest BCUT2D eigenvalue weighted by Crippen LogP contribution is 2.30. The minimum absolute atomic E-state index is 0.0853. The first-order valence-corrected chi connectivity index (χ1v) is 7.55. The SMILES string of the molecule is O=C(c1ccn(-c2cccc(C(F)(F)F)c2)n1)N1CCC(F)(C(=O)O)C1. The van der Waals surface area contributed by atoms with Crippen LogP contribution >= 0.6 is 0 Å². The fraction of sp³-hybridized carbons (Fsp3) is 0.312. The molecule has 1 N–H and O–H groups in total. The van der Waals surface area contributed by atoms with E-state index in [-0.39, 0.29) is 24.3 Å². The molecule has 0 radical (unpaired) electrons. The molecule has 6 nitrogen and oxygen atoms in total. The van der Waals surface area contributed by atoms with Gasteiger partial charge in [-0.25, -0.2) is 13.9 Å². The van der Waals surface area contributed by atoms with Crippen LogP contribution in [0.15, 0.2) is 36.5 Å². The zero-order chi connectivity index (χ0) is 19.1. The third-order valence-corrected chi connectivity index (χ3v) is 4.14. The molecule has 1 unspecified atom stereocenters. The normalized spacial score (nSPS) is 20.4. The van der Waals surface area contributed by atoms with E-state index in [0.717, 1.165) is 21.7 Å². The summed E-state index contributed by atoms with van der Waals surface area (Å²) in [5.41, 5.74) is -3.37. The number of aliphatic carboxylic acids is 1. The van der Waals surface area contributed by atoms with E-state index in [0.29, 0.717) is 0 Å². The summed E-state index contributed by atoms with van der Waals surface area (Å²) in [5.74, 6) is -2.32. The Morgan fingerprint density at radius 1 is 1.23 bits per heavy atom. The van der Waals surface area contributed by atoms with Crippen molar-refractivity contribution in [2.24, 2.45) is 0 Å². The molecule has 1 aliphatic heterocycles. The Balaban J connectivity index is 1.81. The van der Waals surface area contributed by atoms with E-state index in [1.807, 2.05) is 0 Å². The van der Waals surface area contributed by atoms with Crippen molar-refractivity contribution in [3.63, 3.8) is 0 Å². The summed E-state index contributed by atoms with van der Waals surface area (Å²) in [4.78, 5) is 24.3. The molecule has 2 aromatic rings. The molecular formula is C16H13F4N3O3. The second-order valence-electron chi connectivity index (χ2n) is 5.94. The number of benzene rings is 1. The Morgan fingerprint density at radius 3 is 2.58 bits per heavy atom. The van der Waals surface area contributed by atoms with Crippen LogP contribution in [0.4, 0.5) is 17.6 Å². The number of carbonyl (C=O) groups excluding carboxylic acids is 1. The number of alkyl halides is 4. The van der Waals surface area contributed by atoms with Crippen LogP contribution in [0.3, 0.4) is 0 Å². The van der Waals surface area contributed by atoms with Gasteiger partial charge in [-0.15, -0.1) is 0 Å². The molecule has 1 fully saturated rings. The van der Waals surface area contributed by atoms with Crippen LogP contribution in [0.2, 0.25) is 0 Å². The van der Waals surface area contributed by atoms with Gasteiger partial charge in [0.2, 0.25) is 5.67 Å². The largest absolute Gasteiger partial charge is 0.479 e. The van der Waals surface area contributed by atoms with Gasteiger partial charge in [0.1, 0.15) is 0 Å². The molecule has 1 saturated heterocycles. The highest BCUT2D eigenvalue weighted by molar-refractivity contribution is 5.93. The summed E-state index contributed by atoms with van der Waals surface area (Å²) in [7, 11) is 0. The zero-order valence-corrected chi connectivity index (χ0v) is 13.2. The number of halogens is 4. The van der Waals surface area contributed by atoms with Crippen molar-refractivity contribution >= 4 is 11.9 Å². The standard InChI is InChI=1S/C16H13F4N3O3/c17-15(14(25)26)5-7-22(9-15)13(24)12-4-6-23(21-12)11-3-1-2-10(8-11)16(18,19)20/h1-4,6,8H,5,7,9H2,(H,25,26). The van der Waals surface area contributed by atoms with Crippen LogP contribution in [0.5, 0.6) is 0 Å². The number of amides is 1. The lowest BCUT2D eigenvalue weighted by Gasteiger charge is -2.16. The second kappa shape index (κ2) is 6.11. The Hall–Kier alpha value is -2.91. The topological polar surface area (TPSA) is 75.4 Å². The molecule has 2 heterocycles. The molecule has 1 aliphatic rings. The Kier molecular flexibility index (Phi) is 4.21. The van der Waals surface area contributed by atoms with Crippen molar-refractivity contribution < 1.29 is 32.3 Å². The number of nitrogens with zero attached hydrogens (tertiary/aromatic N) is 3. The van der Waals surface area contributed by atoms with Crippen LogP contribution in [0, 0.1) is 0 Å². The van der Waals surface area contributed by atoms with E-state index < -0.39 is 35.8 Å². The van der Waals surface area contributed by atoms with Gasteiger partial charge >= 0.3 is 12.1 Å². The summed E-state index contributed by atoms with van der Waals surface area (Å²) in [5, 5.41) is 12.8. The van der Waals surface area contributed by atoms with Gasteiger partial charge in [0, 0.05) is 19.2 Å². The Labute approximate surface area is 144 Å². The molecule has 1 amide bonds. The lowest BCUT2D eigenvalue weighted by molar-refractivity contribution is -0.149. The van der Waals surface area contributed by atoms with Crippen molar-refractivity contribution in [2.45, 2.75) is 18.3 Å². The van der Waals surface area contributed by atoms with Crippen molar-refractivity contribution in [1.82, 2.24) is 14.7 Å². The molecule has 26 heavy (non-hydrogen) atoms. The van der Waals surface area contributed by atoms with E-state index in [1.54, 1.807) is 0 Å². The van der Waals surface area contributed by atoms with Crippen molar-refractivity contribution in [3.05, 3.63) is 47.8 Å². The molecule has 1 atom stereocenters. The van der Waals surface area contributed by atoms with E-state index >= 15 is 0 Å². The second-order valence-corrected chi connectivity index (χ2v) is 5.94. The average molecular weight is 371 g/mol. The van der Waals surface area contributed by atoms with Gasteiger partial charge in [0.05, 0.1) is 17.8 Å². The summed E-state index contributed by atoms with van der Waals surface area (Å²) in [6, 6.07) is 5.68. The van der Waals surface area contributed by atoms with Gasteiger partial charge in [-0.05, 0) is 24.3 Å². The molecule has 0 bridgehead atoms. The van der Waals surface area contributed by atoms with Gasteiger partial charge in [-0.2, -0.15) is 18.3 Å². The molecule has 10 heteroatoms. The quantitative estimate of drug-likeness (QED) is 0.842. The van der Waals surface area contributed by atoms with E-state index in [2.05, 4.69) is 5.10 Å². The van der Waals surface area contributed by atoms with Crippen LogP contribution in [-0.4, -0.2) is 50.4 Å². The van der Waals surface area contributed by atoms with Gasteiger partial charge < -0.3 is 10.0 Å². The predicted molar refractivity (Wildman–Crippen MR) is 80.6 cm³/mol. The van der Waals surface area contributed by atoms with Gasteiger partial charge in [-0.1, -0.05) is 6.07 Å². The van der Waals surface area contributed by atoms with Gasteiger partial charge in [-0.3, -0.25) is 4.79 Å². The number of carboxylic acid groups (broad SMARTS) is 1. The number of carbonyl (C=O) groups is 2. The Morgan fingerprint density at radius 2 is 1.96 bits per heavy atom. The fourth-order valence-corrected chi connectivity index (χ4v) is 2.69. The zero-order valence-electron chi connectivity index (χ0n) is 13.2. The van der Waals surface area contributed by atoms with Gasteiger partial charge in [0.15, 0.2) is 5.69 Å². The van der Waals surface area contributed by atoms with Crippen LogP contribution < -0.4 is 0 Å². The predicted octanol–water partition coefficient (Wildman–Crippen LogP) is 2.53. The molecule has 0 saturated carbocycles. The molecule has 3 rings (SSSR count). The summed E-state index contributed by atoms with van der Waals surface area (Å²) >= 11 is 0. The molecule has 138 valence electrons. The van der Waals surface area contributed by atoms with Gasteiger partial charge in [0.25, 0.3) is 5.91 Å². The first-order valence-electron chi connectivity index (χ1n) is 7.55. The summed E-state index contributed by atoms with van der Waals surface area (Å²) in [6.45, 7) is -0.685. The molecule has 0 spiro atoms. The van der Waals surface area contributed by atoms with E-state index in [4.69, 9.17) is 5.11 Å². The summed E-state index contributed by atoms with van der Waals surface area (Å²) < 4.78 is 53.5. The lowest BCUT2D eigenvalue weighted by atomic mass is 10.1. The minimum atomic E-state index is -4.52. The Bertz CT molecular complexity index is 864. The van der Waals surface area contributed by atoms with Crippen LogP contribution in [-0.2, 0) is 11.0 Å². The maximum absolute atomic E-state index is 14.1. The number of rotatable bonds is 3. The third kappa shape index (κ3) is 3.26. The molecular weight excluding hydrogens is 358 g/mol. The number of aromatic nitrogens is 2. The smallest absolute Gasteiger partial charge is 0.416 e. The molecule has 1 aromatic carbocycles. The fourth-order valence-electron chi connectivity index (χ4n) is 2.69. The highest BCUT2D eigenvalue weighted by Gasteiger charge is 2.47. The molecule has 0 aliphatic carbocycles. The van der Waals surface area contributed by atoms with Crippen molar-refractivity contribution in [2.75, 3.05) is 13.1 Å². The maximum Gasteiger partial charge on any atom is 0.416 e. The van der Waals surface area contributed by atoms with E-state index in [1.165, 1.54) is 24.4 Å². The lowest BCUT2D eigenvalue weighted by Crippen LogP contribution is -2.39. The average Bonchev–Trinajstić information content (AvgIpc) is 3.21. The first-order chi connectivity index (χ1) is 12.1. The first kappa shape index (κ1) is 17.9. The number of hydrogen-bond acceptors (Lipinski definition) is 3. The van der Waals surface area contributed by atoms with Crippen molar-refractivity contribution in [1.29, 1.82) is 0 Å². The third-order valence-electron chi connectivity index (χ3n) is 4.14. The van der Waals surface area contributed by atoms with Crippen molar-refractivity contribution in [3.8, 4) is 5.69 Å². The van der Waals surface area contributed by atoms with E-state index in [9.17, 15) is 27.2 Å². The van der Waals surface area contributed by atoms with Crippen LogP contribution in [0.25, 0.3) is 5.69 Å². The highest BCUT2D eigenvalue weighted by atomic mass is 19.4. The summed E-state index contributed by atoms with van der Waals surface area (Å²) in [6.07, 6.45) is -3.54. The van der Waals surface area contributed by atoms with Crippen LogP contribution in [0.1, 0.15) is 22.5 Å². The number of likely N-dealkylation sites (tertiary alicyclic amines) is 1. The minimum Gasteiger partial charge on any atom is -0.479 e.